The van der Waals surface area contributed by atoms with Crippen molar-refractivity contribution in [3.8, 4) is 5.88 Å². The van der Waals surface area contributed by atoms with Crippen LogP contribution in [0.4, 0.5) is 0 Å². The van der Waals surface area contributed by atoms with Gasteiger partial charge in [0.1, 0.15) is 19.0 Å². The zero-order chi connectivity index (χ0) is 20.8. The summed E-state index contributed by atoms with van der Waals surface area (Å²) in [5.74, 6) is 0.382. The lowest BCUT2D eigenvalue weighted by Crippen LogP contribution is -2.48. The zero-order valence-electron chi connectivity index (χ0n) is 16.6. The first-order valence-corrected chi connectivity index (χ1v) is 10.5. The van der Waals surface area contributed by atoms with E-state index < -0.39 is 0 Å². The predicted molar refractivity (Wildman–Crippen MR) is 114 cm³/mol. The number of aromatic nitrogens is 2. The van der Waals surface area contributed by atoms with Crippen molar-refractivity contribution in [2.75, 3.05) is 32.9 Å². The molecule has 1 atom stereocenters. The Kier molecular flexibility index (Phi) is 6.50. The fourth-order valence-corrected chi connectivity index (χ4v) is 3.79. The summed E-state index contributed by atoms with van der Waals surface area (Å²) in [5, 5.41) is 6.85. The molecule has 3 heterocycles. The molecular weight excluding hydrogens is 404 g/mol. The van der Waals surface area contributed by atoms with E-state index in [9.17, 15) is 4.79 Å². The van der Waals surface area contributed by atoms with Crippen molar-refractivity contribution in [2.24, 2.45) is 5.16 Å². The molecule has 8 nitrogen and oxygen atoms in total. The summed E-state index contributed by atoms with van der Waals surface area (Å²) in [4.78, 5) is 28.9. The van der Waals surface area contributed by atoms with E-state index in [0.717, 1.165) is 21.5 Å². The summed E-state index contributed by atoms with van der Waals surface area (Å²) in [6, 6.07) is 11.6. The van der Waals surface area contributed by atoms with Crippen molar-refractivity contribution in [1.82, 2.24) is 14.9 Å². The summed E-state index contributed by atoms with van der Waals surface area (Å²) < 4.78 is 11.6. The maximum atomic E-state index is 12.5. The Morgan fingerprint density at radius 1 is 1.30 bits per heavy atom. The maximum Gasteiger partial charge on any atom is 0.263 e. The van der Waals surface area contributed by atoms with E-state index >= 15 is 0 Å². The molecule has 1 aliphatic rings. The lowest BCUT2D eigenvalue weighted by molar-refractivity contribution is -0.144. The molecule has 3 aromatic rings. The van der Waals surface area contributed by atoms with E-state index in [2.05, 4.69) is 15.1 Å². The van der Waals surface area contributed by atoms with Crippen LogP contribution in [0.25, 0.3) is 10.9 Å². The lowest BCUT2D eigenvalue weighted by atomic mass is 10.2. The van der Waals surface area contributed by atoms with Crippen molar-refractivity contribution in [3.05, 3.63) is 53.0 Å². The summed E-state index contributed by atoms with van der Waals surface area (Å²) >= 11 is 1.58. The fraction of sp³-hybridized carbons (Fsp3) is 0.333. The first-order chi connectivity index (χ1) is 14.7. The molecule has 1 saturated heterocycles. The van der Waals surface area contributed by atoms with E-state index in [1.165, 1.54) is 6.33 Å². The molecule has 0 aliphatic carbocycles. The van der Waals surface area contributed by atoms with Crippen LogP contribution in [-0.4, -0.2) is 65.5 Å². The first-order valence-electron chi connectivity index (χ1n) is 9.63. The van der Waals surface area contributed by atoms with Gasteiger partial charge >= 0.3 is 0 Å². The number of morpholine rings is 1. The quantitative estimate of drug-likeness (QED) is 0.427. The molecule has 1 amide bonds. The number of rotatable bonds is 7. The van der Waals surface area contributed by atoms with Gasteiger partial charge in [0.15, 0.2) is 6.61 Å². The van der Waals surface area contributed by atoms with Crippen LogP contribution in [0.15, 0.2) is 53.3 Å². The second-order valence-electron chi connectivity index (χ2n) is 6.77. The number of fused-ring (bicyclic) bond motifs is 1. The molecule has 0 saturated carbocycles. The highest BCUT2D eigenvalue weighted by Gasteiger charge is 2.25. The Balaban J connectivity index is 1.28. The first kappa shape index (κ1) is 20.2. The van der Waals surface area contributed by atoms with Crippen molar-refractivity contribution in [3.63, 3.8) is 0 Å². The molecule has 1 fully saturated rings. The third kappa shape index (κ3) is 4.92. The van der Waals surface area contributed by atoms with E-state index in [4.69, 9.17) is 14.3 Å². The number of carbonyl (C=O) groups is 1. The summed E-state index contributed by atoms with van der Waals surface area (Å²) in [6.45, 7) is 3.44. The number of amides is 1. The van der Waals surface area contributed by atoms with Gasteiger partial charge in [-0.1, -0.05) is 23.4 Å². The largest absolute Gasteiger partial charge is 0.474 e. The van der Waals surface area contributed by atoms with Crippen LogP contribution in [0.5, 0.6) is 5.88 Å². The number of hydrogen-bond donors (Lipinski definition) is 0. The number of benzene rings is 1. The van der Waals surface area contributed by atoms with E-state index in [1.807, 2.05) is 48.7 Å². The highest BCUT2D eigenvalue weighted by atomic mass is 32.1. The Morgan fingerprint density at radius 3 is 3.07 bits per heavy atom. The van der Waals surface area contributed by atoms with E-state index in [0.29, 0.717) is 32.2 Å². The normalized spacial score (nSPS) is 17.2. The molecule has 156 valence electrons. The van der Waals surface area contributed by atoms with Crippen LogP contribution in [0.1, 0.15) is 11.8 Å². The standard InChI is InChI=1S/C21H22N4O4S/c1-15(19-7-4-10-30-19)24-29-13-20(26)25-8-9-27-16(11-25)12-28-21-17-5-2-3-6-18(17)22-14-23-21/h2-7,10,14,16H,8-9,11-13H2,1H3/b24-15-. The molecule has 30 heavy (non-hydrogen) atoms. The van der Waals surface area contributed by atoms with Crippen molar-refractivity contribution >= 4 is 33.9 Å². The van der Waals surface area contributed by atoms with Gasteiger partial charge in [0.25, 0.3) is 5.91 Å². The number of ether oxygens (including phenoxy) is 2. The monoisotopic (exact) mass is 426 g/mol. The maximum absolute atomic E-state index is 12.5. The number of nitrogens with zero attached hydrogens (tertiary/aromatic N) is 4. The van der Waals surface area contributed by atoms with Crippen LogP contribution in [0, 0.1) is 0 Å². The van der Waals surface area contributed by atoms with Gasteiger partial charge in [-0.2, -0.15) is 0 Å². The molecule has 1 unspecified atom stereocenters. The number of thiophene rings is 1. The van der Waals surface area contributed by atoms with Gasteiger partial charge in [-0.15, -0.1) is 11.3 Å². The lowest BCUT2D eigenvalue weighted by Gasteiger charge is -2.32. The number of para-hydroxylation sites is 1. The van der Waals surface area contributed by atoms with E-state index in [-0.39, 0.29) is 18.6 Å². The second-order valence-corrected chi connectivity index (χ2v) is 7.71. The van der Waals surface area contributed by atoms with Gasteiger partial charge < -0.3 is 19.2 Å². The highest BCUT2D eigenvalue weighted by Crippen LogP contribution is 2.21. The van der Waals surface area contributed by atoms with Crippen LogP contribution >= 0.6 is 11.3 Å². The van der Waals surface area contributed by atoms with Gasteiger partial charge in [0.05, 0.1) is 34.6 Å². The van der Waals surface area contributed by atoms with Crippen LogP contribution in [0.2, 0.25) is 0 Å². The highest BCUT2D eigenvalue weighted by molar-refractivity contribution is 7.12. The molecular formula is C21H22N4O4S. The smallest absolute Gasteiger partial charge is 0.263 e. The zero-order valence-corrected chi connectivity index (χ0v) is 17.4. The molecule has 0 spiro atoms. The predicted octanol–water partition coefficient (Wildman–Crippen LogP) is 2.74. The Bertz CT molecular complexity index is 1020. The van der Waals surface area contributed by atoms with Gasteiger partial charge in [-0.25, -0.2) is 9.97 Å². The number of hydrogen-bond acceptors (Lipinski definition) is 8. The van der Waals surface area contributed by atoms with Gasteiger partial charge in [-0.05, 0) is 30.5 Å². The summed E-state index contributed by atoms with van der Waals surface area (Å²) in [7, 11) is 0. The minimum absolute atomic E-state index is 0.104. The third-order valence-electron chi connectivity index (χ3n) is 4.67. The Labute approximate surface area is 178 Å². The molecule has 1 aromatic carbocycles. The third-order valence-corrected chi connectivity index (χ3v) is 5.65. The minimum Gasteiger partial charge on any atom is -0.474 e. The van der Waals surface area contributed by atoms with Crippen molar-refractivity contribution < 1.29 is 19.1 Å². The minimum atomic E-state index is -0.243. The SMILES string of the molecule is C/C(=N/OCC(=O)N1CCOC(COc2ncnc3ccccc23)C1)c1cccs1. The Morgan fingerprint density at radius 2 is 2.20 bits per heavy atom. The molecule has 0 N–H and O–H groups in total. The topological polar surface area (TPSA) is 86.1 Å². The molecule has 1 aliphatic heterocycles. The molecule has 9 heteroatoms. The van der Waals surface area contributed by atoms with Gasteiger partial charge in [0.2, 0.25) is 5.88 Å². The summed E-state index contributed by atoms with van der Waals surface area (Å²) in [6.07, 6.45) is 1.23. The van der Waals surface area contributed by atoms with Crippen LogP contribution in [0.3, 0.4) is 0 Å². The van der Waals surface area contributed by atoms with E-state index in [1.54, 1.807) is 16.2 Å². The van der Waals surface area contributed by atoms with Crippen molar-refractivity contribution in [1.29, 1.82) is 0 Å². The van der Waals surface area contributed by atoms with Gasteiger partial charge in [-0.3, -0.25) is 4.79 Å². The van der Waals surface area contributed by atoms with Crippen LogP contribution < -0.4 is 4.74 Å². The second kappa shape index (κ2) is 9.64. The number of oxime groups is 1. The average molecular weight is 426 g/mol. The average Bonchev–Trinajstić information content (AvgIpc) is 3.33. The fourth-order valence-electron chi connectivity index (χ4n) is 3.12. The molecule has 0 bridgehead atoms. The molecule has 0 radical (unpaired) electrons. The Hall–Kier alpha value is -3.04. The van der Waals surface area contributed by atoms with Crippen molar-refractivity contribution in [2.45, 2.75) is 13.0 Å². The molecule has 2 aromatic heterocycles. The van der Waals surface area contributed by atoms with Gasteiger partial charge in [0, 0.05) is 6.54 Å². The molecule has 4 rings (SSSR count). The summed E-state index contributed by atoms with van der Waals surface area (Å²) in [5.41, 5.74) is 1.57. The number of carbonyl (C=O) groups excluding carboxylic acids is 1. The van der Waals surface area contributed by atoms with Crippen LogP contribution in [-0.2, 0) is 14.4 Å².